The standard InChI is InChI=1S/C14H19NO4/c1-18-13-7-12(9-16)15(8-13)14(17)19-10-11-5-3-2-4-6-11/h2-6,12-13,16H,7-10H2,1H3/t12-,13-/m0/s1. The molecule has 1 amide bonds. The van der Waals surface area contributed by atoms with Crippen molar-refractivity contribution < 1.29 is 19.4 Å². The Morgan fingerprint density at radius 2 is 2.16 bits per heavy atom. The lowest BCUT2D eigenvalue weighted by Gasteiger charge is -2.21. The minimum absolute atomic E-state index is 0.0265. The Labute approximate surface area is 112 Å². The lowest BCUT2D eigenvalue weighted by Crippen LogP contribution is -2.38. The van der Waals surface area contributed by atoms with E-state index in [0.29, 0.717) is 13.0 Å². The molecule has 0 radical (unpaired) electrons. The first kappa shape index (κ1) is 13.8. The van der Waals surface area contributed by atoms with Crippen LogP contribution in [0.3, 0.4) is 0 Å². The van der Waals surface area contributed by atoms with E-state index in [1.165, 1.54) is 4.90 Å². The van der Waals surface area contributed by atoms with Gasteiger partial charge >= 0.3 is 6.09 Å². The molecular weight excluding hydrogens is 246 g/mol. The highest BCUT2D eigenvalue weighted by Gasteiger charge is 2.35. The van der Waals surface area contributed by atoms with Crippen LogP contribution >= 0.6 is 0 Å². The number of benzene rings is 1. The fourth-order valence-corrected chi connectivity index (χ4v) is 2.24. The van der Waals surface area contributed by atoms with Crippen LogP contribution in [-0.4, -0.2) is 48.5 Å². The van der Waals surface area contributed by atoms with E-state index in [-0.39, 0.29) is 25.4 Å². The maximum Gasteiger partial charge on any atom is 0.410 e. The fraction of sp³-hybridized carbons (Fsp3) is 0.500. The molecule has 1 aromatic rings. The van der Waals surface area contributed by atoms with Crippen molar-refractivity contribution in [1.82, 2.24) is 4.90 Å². The van der Waals surface area contributed by atoms with Gasteiger partial charge in [0.25, 0.3) is 0 Å². The van der Waals surface area contributed by atoms with Crippen molar-refractivity contribution in [2.24, 2.45) is 0 Å². The van der Waals surface area contributed by atoms with Crippen LogP contribution in [0.5, 0.6) is 0 Å². The van der Waals surface area contributed by atoms with Crippen LogP contribution in [-0.2, 0) is 16.1 Å². The number of ether oxygens (including phenoxy) is 2. The smallest absolute Gasteiger partial charge is 0.410 e. The second kappa shape index (κ2) is 6.54. The zero-order valence-electron chi connectivity index (χ0n) is 11.0. The molecule has 0 bridgehead atoms. The molecule has 5 nitrogen and oxygen atoms in total. The number of nitrogens with zero attached hydrogens (tertiary/aromatic N) is 1. The molecular formula is C14H19NO4. The number of methoxy groups -OCH3 is 1. The first-order valence-corrected chi connectivity index (χ1v) is 6.35. The summed E-state index contributed by atoms with van der Waals surface area (Å²) in [6.07, 6.45) is 0.219. The molecule has 1 aliphatic rings. The van der Waals surface area contributed by atoms with Gasteiger partial charge in [-0.1, -0.05) is 30.3 Å². The van der Waals surface area contributed by atoms with E-state index >= 15 is 0 Å². The number of amides is 1. The van der Waals surface area contributed by atoms with Crippen LogP contribution in [0.25, 0.3) is 0 Å². The van der Waals surface area contributed by atoms with Crippen LogP contribution in [0, 0.1) is 0 Å². The fourth-order valence-electron chi connectivity index (χ4n) is 2.24. The molecule has 0 spiro atoms. The van der Waals surface area contributed by atoms with Gasteiger partial charge in [0.05, 0.1) is 25.3 Å². The van der Waals surface area contributed by atoms with E-state index < -0.39 is 6.09 Å². The lowest BCUT2D eigenvalue weighted by atomic mass is 10.2. The minimum Gasteiger partial charge on any atom is -0.445 e. The van der Waals surface area contributed by atoms with Crippen molar-refractivity contribution in [2.75, 3.05) is 20.3 Å². The van der Waals surface area contributed by atoms with Gasteiger partial charge in [-0.25, -0.2) is 4.79 Å². The topological polar surface area (TPSA) is 59.0 Å². The summed E-state index contributed by atoms with van der Waals surface area (Å²) in [7, 11) is 1.61. The number of rotatable bonds is 4. The largest absolute Gasteiger partial charge is 0.445 e. The Kier molecular flexibility index (Phi) is 4.76. The quantitative estimate of drug-likeness (QED) is 0.894. The number of carbonyl (C=O) groups excluding carboxylic acids is 1. The highest BCUT2D eigenvalue weighted by molar-refractivity contribution is 5.68. The molecule has 0 aliphatic carbocycles. The van der Waals surface area contributed by atoms with Crippen molar-refractivity contribution in [3.8, 4) is 0 Å². The van der Waals surface area contributed by atoms with Crippen molar-refractivity contribution in [1.29, 1.82) is 0 Å². The van der Waals surface area contributed by atoms with Gasteiger partial charge in [-0.2, -0.15) is 0 Å². The van der Waals surface area contributed by atoms with Crippen LogP contribution in [0.2, 0.25) is 0 Å². The molecule has 2 atom stereocenters. The first-order valence-electron chi connectivity index (χ1n) is 6.35. The maximum atomic E-state index is 12.0. The summed E-state index contributed by atoms with van der Waals surface area (Å²) in [5, 5.41) is 9.28. The number of aliphatic hydroxyl groups excluding tert-OH is 1. The summed E-state index contributed by atoms with van der Waals surface area (Å²) >= 11 is 0. The van der Waals surface area contributed by atoms with E-state index in [0.717, 1.165) is 5.56 Å². The second-order valence-corrected chi connectivity index (χ2v) is 4.62. The third-order valence-corrected chi connectivity index (χ3v) is 3.36. The molecule has 1 fully saturated rings. The molecule has 1 saturated heterocycles. The minimum atomic E-state index is -0.401. The maximum absolute atomic E-state index is 12.0. The Bertz CT molecular complexity index is 409. The van der Waals surface area contributed by atoms with E-state index in [4.69, 9.17) is 9.47 Å². The monoisotopic (exact) mass is 265 g/mol. The predicted octanol–water partition coefficient (Wildman–Crippen LogP) is 1.40. The van der Waals surface area contributed by atoms with Crippen LogP contribution in [0.1, 0.15) is 12.0 Å². The summed E-state index contributed by atoms with van der Waals surface area (Å²) < 4.78 is 10.5. The number of likely N-dealkylation sites (tertiary alicyclic amines) is 1. The molecule has 1 aromatic carbocycles. The Morgan fingerprint density at radius 3 is 2.79 bits per heavy atom. The van der Waals surface area contributed by atoms with Crippen molar-refractivity contribution in [3.05, 3.63) is 35.9 Å². The average Bonchev–Trinajstić information content (AvgIpc) is 2.89. The summed E-state index contributed by atoms with van der Waals surface area (Å²) in [6, 6.07) is 9.30. The summed E-state index contributed by atoms with van der Waals surface area (Å²) in [4.78, 5) is 13.5. The summed E-state index contributed by atoms with van der Waals surface area (Å²) in [5.41, 5.74) is 0.943. The van der Waals surface area contributed by atoms with Gasteiger partial charge in [0, 0.05) is 7.11 Å². The Balaban J connectivity index is 1.89. The molecule has 19 heavy (non-hydrogen) atoms. The van der Waals surface area contributed by atoms with Gasteiger partial charge in [-0.3, -0.25) is 0 Å². The van der Waals surface area contributed by atoms with E-state index in [1.54, 1.807) is 7.11 Å². The van der Waals surface area contributed by atoms with Crippen molar-refractivity contribution in [3.63, 3.8) is 0 Å². The number of aliphatic hydroxyl groups is 1. The highest BCUT2D eigenvalue weighted by atomic mass is 16.6. The van der Waals surface area contributed by atoms with E-state index in [2.05, 4.69) is 0 Å². The summed E-state index contributed by atoms with van der Waals surface area (Å²) in [5.74, 6) is 0. The summed E-state index contributed by atoms with van der Waals surface area (Å²) in [6.45, 7) is 0.640. The molecule has 0 saturated carbocycles. The first-order chi connectivity index (χ1) is 9.24. The molecule has 1 aliphatic heterocycles. The van der Waals surface area contributed by atoms with E-state index in [9.17, 15) is 9.90 Å². The van der Waals surface area contributed by atoms with Gasteiger partial charge < -0.3 is 19.5 Å². The van der Waals surface area contributed by atoms with E-state index in [1.807, 2.05) is 30.3 Å². The van der Waals surface area contributed by atoms with Crippen LogP contribution < -0.4 is 0 Å². The second-order valence-electron chi connectivity index (χ2n) is 4.62. The van der Waals surface area contributed by atoms with Gasteiger partial charge in [-0.15, -0.1) is 0 Å². The number of hydrogen-bond donors (Lipinski definition) is 1. The molecule has 0 unspecified atom stereocenters. The average molecular weight is 265 g/mol. The van der Waals surface area contributed by atoms with Crippen molar-refractivity contribution in [2.45, 2.75) is 25.2 Å². The molecule has 1 heterocycles. The SMILES string of the molecule is CO[C@H]1C[C@@H](CO)N(C(=O)OCc2ccccc2)C1. The molecule has 1 N–H and O–H groups in total. The van der Waals surface area contributed by atoms with Gasteiger partial charge in [-0.05, 0) is 12.0 Å². The van der Waals surface area contributed by atoms with Gasteiger partial charge in [0.2, 0.25) is 0 Å². The third kappa shape index (κ3) is 3.45. The predicted molar refractivity (Wildman–Crippen MR) is 69.6 cm³/mol. The Hall–Kier alpha value is -1.59. The zero-order valence-corrected chi connectivity index (χ0v) is 11.0. The van der Waals surface area contributed by atoms with Crippen molar-refractivity contribution >= 4 is 6.09 Å². The molecule has 0 aromatic heterocycles. The third-order valence-electron chi connectivity index (χ3n) is 3.36. The molecule has 2 rings (SSSR count). The number of hydrogen-bond acceptors (Lipinski definition) is 4. The molecule has 104 valence electrons. The van der Waals surface area contributed by atoms with Gasteiger partial charge in [0.1, 0.15) is 6.61 Å². The number of carbonyl (C=O) groups is 1. The molecule has 5 heteroatoms. The van der Waals surface area contributed by atoms with Gasteiger partial charge in [0.15, 0.2) is 0 Å². The normalized spacial score (nSPS) is 22.5. The highest BCUT2D eigenvalue weighted by Crippen LogP contribution is 2.20. The zero-order chi connectivity index (χ0) is 13.7. The van der Waals surface area contributed by atoms with Crippen LogP contribution in [0.15, 0.2) is 30.3 Å². The lowest BCUT2D eigenvalue weighted by molar-refractivity contribution is 0.0734. The Morgan fingerprint density at radius 1 is 1.42 bits per heavy atom. The van der Waals surface area contributed by atoms with Crippen LogP contribution in [0.4, 0.5) is 4.79 Å².